The van der Waals surface area contributed by atoms with Crippen LogP contribution >= 0.6 is 0 Å². The van der Waals surface area contributed by atoms with Crippen LogP contribution in [0.2, 0.25) is 0 Å². The van der Waals surface area contributed by atoms with Gasteiger partial charge in [-0.2, -0.15) is 0 Å². The predicted octanol–water partition coefficient (Wildman–Crippen LogP) is -0.948. The first-order valence-corrected chi connectivity index (χ1v) is 6.59. The molecule has 1 saturated carbocycles. The molecule has 4 N–H and O–H groups in total. The normalized spacial score (nSPS) is 14.9. The van der Waals surface area contributed by atoms with Gasteiger partial charge in [0.25, 0.3) is 0 Å². The number of amides is 3. The fourth-order valence-corrected chi connectivity index (χ4v) is 1.73. The third-order valence-corrected chi connectivity index (χ3v) is 2.85. The van der Waals surface area contributed by atoms with Gasteiger partial charge in [-0.1, -0.05) is 0 Å². The summed E-state index contributed by atoms with van der Waals surface area (Å²) in [6.07, 6.45) is 0.958. The minimum absolute atomic E-state index is 0.113. The van der Waals surface area contributed by atoms with Crippen LogP contribution in [0.15, 0.2) is 0 Å². The molecular formula is C12H19N3O6. The van der Waals surface area contributed by atoms with Crippen LogP contribution in [0.3, 0.4) is 0 Å². The van der Waals surface area contributed by atoms with Crippen molar-refractivity contribution in [2.75, 3.05) is 13.2 Å². The number of carbonyl (C=O) groups excluding carboxylic acids is 3. The summed E-state index contributed by atoms with van der Waals surface area (Å²) in [5.41, 5.74) is 4.93. The van der Waals surface area contributed by atoms with E-state index in [-0.39, 0.29) is 19.2 Å². The van der Waals surface area contributed by atoms with E-state index in [0.717, 1.165) is 12.8 Å². The molecule has 0 heterocycles. The molecule has 1 aliphatic rings. The van der Waals surface area contributed by atoms with Crippen LogP contribution in [0.4, 0.5) is 4.79 Å². The molecule has 9 nitrogen and oxygen atoms in total. The molecule has 0 aromatic rings. The standard InChI is InChI=1S/C12H19N3O6/c1-2-21-10(17)6-15(7-3-4-7)12(20)14-8(11(18)19)5-9(13)16/h7-8H,2-6H2,1H3,(H2,13,16)(H,14,20)(H,18,19). The summed E-state index contributed by atoms with van der Waals surface area (Å²) in [7, 11) is 0. The van der Waals surface area contributed by atoms with Gasteiger partial charge in [0.05, 0.1) is 13.0 Å². The van der Waals surface area contributed by atoms with E-state index in [9.17, 15) is 19.2 Å². The smallest absolute Gasteiger partial charge is 0.326 e. The summed E-state index contributed by atoms with van der Waals surface area (Å²) >= 11 is 0. The molecule has 0 radical (unpaired) electrons. The Labute approximate surface area is 121 Å². The van der Waals surface area contributed by atoms with Gasteiger partial charge in [0.2, 0.25) is 5.91 Å². The molecule has 1 fully saturated rings. The van der Waals surface area contributed by atoms with E-state index in [0.29, 0.717) is 0 Å². The molecule has 0 saturated heterocycles. The average molecular weight is 301 g/mol. The van der Waals surface area contributed by atoms with Gasteiger partial charge in [0.15, 0.2) is 0 Å². The maximum Gasteiger partial charge on any atom is 0.326 e. The van der Waals surface area contributed by atoms with Gasteiger partial charge in [-0.05, 0) is 19.8 Å². The first kappa shape index (κ1) is 16.7. The second kappa shape index (κ2) is 7.46. The zero-order valence-corrected chi connectivity index (χ0v) is 11.7. The molecule has 0 spiro atoms. The SMILES string of the molecule is CCOC(=O)CN(C(=O)NC(CC(N)=O)C(=O)O)C1CC1. The third kappa shape index (κ3) is 5.67. The van der Waals surface area contributed by atoms with Crippen molar-refractivity contribution in [2.24, 2.45) is 5.73 Å². The van der Waals surface area contributed by atoms with Crippen LogP contribution in [-0.4, -0.2) is 59.1 Å². The summed E-state index contributed by atoms with van der Waals surface area (Å²) in [6, 6.07) is -2.25. The molecule has 1 aliphatic carbocycles. The van der Waals surface area contributed by atoms with Crippen LogP contribution in [0.5, 0.6) is 0 Å². The number of hydrogen-bond acceptors (Lipinski definition) is 5. The van der Waals surface area contributed by atoms with E-state index in [2.05, 4.69) is 5.32 Å². The number of ether oxygens (including phenoxy) is 1. The molecular weight excluding hydrogens is 282 g/mol. The number of rotatable bonds is 8. The lowest BCUT2D eigenvalue weighted by Gasteiger charge is -2.23. The van der Waals surface area contributed by atoms with E-state index in [1.807, 2.05) is 0 Å². The number of nitrogens with two attached hydrogens (primary N) is 1. The van der Waals surface area contributed by atoms with Gasteiger partial charge >= 0.3 is 18.0 Å². The third-order valence-electron chi connectivity index (χ3n) is 2.85. The number of hydrogen-bond donors (Lipinski definition) is 3. The van der Waals surface area contributed by atoms with E-state index in [4.69, 9.17) is 15.6 Å². The average Bonchev–Trinajstić information content (AvgIpc) is 3.18. The number of primary amides is 1. The van der Waals surface area contributed by atoms with Gasteiger partial charge in [-0.15, -0.1) is 0 Å². The molecule has 1 atom stereocenters. The Balaban J connectivity index is 2.65. The lowest BCUT2D eigenvalue weighted by atomic mass is 10.2. The molecule has 1 rings (SSSR count). The van der Waals surface area contributed by atoms with Crippen molar-refractivity contribution in [3.63, 3.8) is 0 Å². The van der Waals surface area contributed by atoms with Crippen LogP contribution < -0.4 is 11.1 Å². The molecule has 1 unspecified atom stereocenters. The maximum absolute atomic E-state index is 12.1. The van der Waals surface area contributed by atoms with E-state index in [1.165, 1.54) is 4.90 Å². The van der Waals surface area contributed by atoms with Gasteiger partial charge in [-0.25, -0.2) is 9.59 Å². The number of esters is 1. The Morgan fingerprint density at radius 2 is 2.00 bits per heavy atom. The first-order chi connectivity index (χ1) is 9.85. The molecule has 0 aromatic heterocycles. The van der Waals surface area contributed by atoms with Gasteiger partial charge in [0, 0.05) is 6.04 Å². The Morgan fingerprint density at radius 1 is 1.38 bits per heavy atom. The fourth-order valence-electron chi connectivity index (χ4n) is 1.73. The van der Waals surface area contributed by atoms with Gasteiger partial charge < -0.3 is 25.8 Å². The Bertz CT molecular complexity index is 435. The predicted molar refractivity (Wildman–Crippen MR) is 70.1 cm³/mol. The molecule has 21 heavy (non-hydrogen) atoms. The number of nitrogens with one attached hydrogen (secondary N) is 1. The molecule has 0 aliphatic heterocycles. The number of carboxylic acid groups (broad SMARTS) is 1. The summed E-state index contributed by atoms with van der Waals surface area (Å²) < 4.78 is 4.77. The topological polar surface area (TPSA) is 139 Å². The Kier molecular flexibility index (Phi) is 5.94. The molecule has 3 amide bonds. The minimum Gasteiger partial charge on any atom is -0.480 e. The summed E-state index contributed by atoms with van der Waals surface area (Å²) in [6.45, 7) is 1.58. The van der Waals surface area contributed by atoms with E-state index in [1.54, 1.807) is 6.92 Å². The molecule has 118 valence electrons. The summed E-state index contributed by atoms with van der Waals surface area (Å²) in [4.78, 5) is 46.5. The van der Waals surface area contributed by atoms with Crippen LogP contribution in [0, 0.1) is 0 Å². The lowest BCUT2D eigenvalue weighted by molar-refractivity contribution is -0.143. The highest BCUT2D eigenvalue weighted by Gasteiger charge is 2.36. The van der Waals surface area contributed by atoms with Crippen LogP contribution in [0.1, 0.15) is 26.2 Å². The highest BCUT2D eigenvalue weighted by Crippen LogP contribution is 2.26. The van der Waals surface area contributed by atoms with Crippen molar-refractivity contribution in [1.29, 1.82) is 0 Å². The number of carboxylic acids is 1. The van der Waals surface area contributed by atoms with Crippen molar-refractivity contribution in [1.82, 2.24) is 10.2 Å². The monoisotopic (exact) mass is 301 g/mol. The second-order valence-corrected chi connectivity index (χ2v) is 4.67. The largest absolute Gasteiger partial charge is 0.480 e. The van der Waals surface area contributed by atoms with Crippen molar-refractivity contribution in [3.8, 4) is 0 Å². The summed E-state index contributed by atoms with van der Waals surface area (Å²) in [5, 5.41) is 11.1. The minimum atomic E-state index is -1.42. The highest BCUT2D eigenvalue weighted by atomic mass is 16.5. The van der Waals surface area contributed by atoms with Crippen molar-refractivity contribution in [2.45, 2.75) is 38.3 Å². The molecule has 9 heteroatoms. The number of aliphatic carboxylic acids is 1. The zero-order valence-electron chi connectivity index (χ0n) is 11.7. The van der Waals surface area contributed by atoms with Crippen LogP contribution in [-0.2, 0) is 19.1 Å². The van der Waals surface area contributed by atoms with Crippen molar-refractivity contribution in [3.05, 3.63) is 0 Å². The molecule has 0 aromatic carbocycles. The van der Waals surface area contributed by atoms with Crippen molar-refractivity contribution < 1.29 is 29.0 Å². The Hall–Kier alpha value is -2.32. The Morgan fingerprint density at radius 3 is 2.43 bits per heavy atom. The number of nitrogens with zero attached hydrogens (tertiary/aromatic N) is 1. The zero-order chi connectivity index (χ0) is 16.0. The maximum atomic E-state index is 12.1. The quantitative estimate of drug-likeness (QED) is 0.494. The lowest BCUT2D eigenvalue weighted by Crippen LogP contribution is -2.51. The van der Waals surface area contributed by atoms with Gasteiger partial charge in [-0.3, -0.25) is 9.59 Å². The first-order valence-electron chi connectivity index (χ1n) is 6.59. The number of urea groups is 1. The second-order valence-electron chi connectivity index (χ2n) is 4.67. The molecule has 0 bridgehead atoms. The highest BCUT2D eigenvalue weighted by molar-refractivity contribution is 5.89. The van der Waals surface area contributed by atoms with Crippen molar-refractivity contribution >= 4 is 23.9 Å². The van der Waals surface area contributed by atoms with Crippen LogP contribution in [0.25, 0.3) is 0 Å². The summed E-state index contributed by atoms with van der Waals surface area (Å²) in [5.74, 6) is -2.78. The fraction of sp³-hybridized carbons (Fsp3) is 0.667. The number of carbonyl (C=O) groups is 4. The van der Waals surface area contributed by atoms with E-state index < -0.39 is 36.3 Å². The van der Waals surface area contributed by atoms with E-state index >= 15 is 0 Å². The van der Waals surface area contributed by atoms with Gasteiger partial charge in [0.1, 0.15) is 12.6 Å².